The number of aromatic nitrogens is 1. The molecule has 0 aliphatic rings. The fraction of sp³-hybridized carbons (Fsp3) is 0.357. The number of hydrogen-bond donors (Lipinski definition) is 1. The Balaban J connectivity index is 2.15. The summed E-state index contributed by atoms with van der Waals surface area (Å²) in [6, 6.07) is 4.86. The number of nitrogens with zero attached hydrogens (tertiary/aromatic N) is 1. The van der Waals surface area contributed by atoms with Crippen LogP contribution in [0.2, 0.25) is 5.02 Å². The van der Waals surface area contributed by atoms with Crippen LogP contribution in [0.3, 0.4) is 0 Å². The van der Waals surface area contributed by atoms with E-state index in [9.17, 15) is 4.39 Å². The molecule has 0 saturated carbocycles. The fourth-order valence-corrected chi connectivity index (χ4v) is 2.67. The van der Waals surface area contributed by atoms with E-state index in [1.54, 1.807) is 29.0 Å². The Morgan fingerprint density at radius 2 is 2.32 bits per heavy atom. The lowest BCUT2D eigenvalue weighted by atomic mass is 10.0. The molecule has 0 bridgehead atoms. The van der Waals surface area contributed by atoms with Crippen LogP contribution in [0.4, 0.5) is 4.39 Å². The van der Waals surface area contributed by atoms with Crippen molar-refractivity contribution < 1.29 is 4.39 Å². The van der Waals surface area contributed by atoms with Gasteiger partial charge in [0.05, 0.1) is 17.2 Å². The molecular formula is C14H16ClFN2S. The SMILES string of the molecule is CCCNC(Cc1ccc(Cl)cc1F)c1cscn1. The lowest BCUT2D eigenvalue weighted by Crippen LogP contribution is -2.24. The topological polar surface area (TPSA) is 24.9 Å². The van der Waals surface area contributed by atoms with Gasteiger partial charge in [-0.05, 0) is 37.1 Å². The maximum atomic E-state index is 13.8. The largest absolute Gasteiger partial charge is 0.308 e. The summed E-state index contributed by atoms with van der Waals surface area (Å²) < 4.78 is 13.8. The number of halogens is 2. The second-order valence-corrected chi connectivity index (χ2v) is 5.51. The minimum absolute atomic E-state index is 0.0434. The molecule has 0 aliphatic carbocycles. The van der Waals surface area contributed by atoms with Crippen LogP contribution in [0.15, 0.2) is 29.1 Å². The minimum Gasteiger partial charge on any atom is -0.308 e. The third-order valence-corrected chi connectivity index (χ3v) is 3.73. The summed E-state index contributed by atoms with van der Waals surface area (Å²) >= 11 is 7.32. The highest BCUT2D eigenvalue weighted by atomic mass is 35.5. The number of thiazole rings is 1. The van der Waals surface area contributed by atoms with Crippen LogP contribution in [-0.4, -0.2) is 11.5 Å². The Morgan fingerprint density at radius 3 is 2.95 bits per heavy atom. The first-order chi connectivity index (χ1) is 9.20. The van der Waals surface area contributed by atoms with Crippen molar-refractivity contribution >= 4 is 22.9 Å². The van der Waals surface area contributed by atoms with Crippen molar-refractivity contribution in [3.63, 3.8) is 0 Å². The van der Waals surface area contributed by atoms with E-state index in [-0.39, 0.29) is 11.9 Å². The zero-order chi connectivity index (χ0) is 13.7. The van der Waals surface area contributed by atoms with E-state index in [0.29, 0.717) is 17.0 Å². The van der Waals surface area contributed by atoms with Gasteiger partial charge >= 0.3 is 0 Å². The van der Waals surface area contributed by atoms with E-state index in [2.05, 4.69) is 17.2 Å². The van der Waals surface area contributed by atoms with Gasteiger partial charge in [0.2, 0.25) is 0 Å². The van der Waals surface area contributed by atoms with Gasteiger partial charge in [0, 0.05) is 10.4 Å². The number of hydrogen-bond acceptors (Lipinski definition) is 3. The van der Waals surface area contributed by atoms with Crippen molar-refractivity contribution in [2.24, 2.45) is 0 Å². The molecule has 0 aliphatic heterocycles. The molecule has 2 rings (SSSR count). The first-order valence-electron chi connectivity index (χ1n) is 6.26. The van der Waals surface area contributed by atoms with Gasteiger partial charge < -0.3 is 5.32 Å². The molecule has 1 N–H and O–H groups in total. The smallest absolute Gasteiger partial charge is 0.127 e. The summed E-state index contributed by atoms with van der Waals surface area (Å²) in [5, 5.41) is 5.83. The minimum atomic E-state index is -0.258. The molecule has 5 heteroatoms. The maximum Gasteiger partial charge on any atom is 0.127 e. The molecule has 1 aromatic heterocycles. The van der Waals surface area contributed by atoms with Crippen LogP contribution in [0.25, 0.3) is 0 Å². The van der Waals surface area contributed by atoms with Crippen LogP contribution in [-0.2, 0) is 6.42 Å². The molecule has 0 fully saturated rings. The van der Waals surface area contributed by atoms with Gasteiger partial charge in [-0.25, -0.2) is 9.37 Å². The van der Waals surface area contributed by atoms with Gasteiger partial charge in [0.15, 0.2) is 0 Å². The third kappa shape index (κ3) is 4.00. The van der Waals surface area contributed by atoms with Crippen molar-refractivity contribution in [2.75, 3.05) is 6.54 Å². The standard InChI is InChI=1S/C14H16ClFN2S/c1-2-5-17-13(14-8-19-9-18-14)6-10-3-4-11(15)7-12(10)16/h3-4,7-9,13,17H,2,5-6H2,1H3. The number of nitrogens with one attached hydrogen (secondary N) is 1. The highest BCUT2D eigenvalue weighted by Crippen LogP contribution is 2.22. The lowest BCUT2D eigenvalue weighted by Gasteiger charge is -2.17. The number of rotatable bonds is 6. The molecule has 2 nitrogen and oxygen atoms in total. The first-order valence-corrected chi connectivity index (χ1v) is 7.58. The molecule has 0 amide bonds. The summed E-state index contributed by atoms with van der Waals surface area (Å²) in [5.74, 6) is -0.258. The molecule has 2 aromatic rings. The second kappa shape index (κ2) is 6.98. The van der Waals surface area contributed by atoms with E-state index in [1.165, 1.54) is 6.07 Å². The predicted molar refractivity (Wildman–Crippen MR) is 78.3 cm³/mol. The zero-order valence-corrected chi connectivity index (χ0v) is 12.3. The Bertz CT molecular complexity index is 516. The van der Waals surface area contributed by atoms with E-state index in [1.807, 2.05) is 5.38 Å². The molecule has 102 valence electrons. The molecule has 19 heavy (non-hydrogen) atoms. The number of benzene rings is 1. The van der Waals surface area contributed by atoms with E-state index < -0.39 is 0 Å². The normalized spacial score (nSPS) is 12.6. The second-order valence-electron chi connectivity index (χ2n) is 4.36. The molecule has 0 saturated heterocycles. The molecule has 1 unspecified atom stereocenters. The molecule has 0 spiro atoms. The van der Waals surface area contributed by atoms with E-state index >= 15 is 0 Å². The zero-order valence-electron chi connectivity index (χ0n) is 10.7. The first kappa shape index (κ1) is 14.4. The van der Waals surface area contributed by atoms with E-state index in [0.717, 1.165) is 18.7 Å². The van der Waals surface area contributed by atoms with Gasteiger partial charge in [-0.3, -0.25) is 0 Å². The van der Waals surface area contributed by atoms with Gasteiger partial charge in [-0.2, -0.15) is 0 Å². The highest BCUT2D eigenvalue weighted by molar-refractivity contribution is 7.07. The Hall–Kier alpha value is -0.970. The average Bonchev–Trinajstić information content (AvgIpc) is 2.90. The van der Waals surface area contributed by atoms with Gasteiger partial charge in [0.1, 0.15) is 5.82 Å². The highest BCUT2D eigenvalue weighted by Gasteiger charge is 2.15. The lowest BCUT2D eigenvalue weighted by molar-refractivity contribution is 0.505. The van der Waals surface area contributed by atoms with Crippen LogP contribution in [0.1, 0.15) is 30.6 Å². The van der Waals surface area contributed by atoms with Crippen molar-refractivity contribution in [2.45, 2.75) is 25.8 Å². The Kier molecular flexibility index (Phi) is 5.31. The van der Waals surface area contributed by atoms with Gasteiger partial charge in [-0.1, -0.05) is 24.6 Å². The van der Waals surface area contributed by atoms with Crippen LogP contribution in [0.5, 0.6) is 0 Å². The summed E-state index contributed by atoms with van der Waals surface area (Å²) in [4.78, 5) is 4.32. The van der Waals surface area contributed by atoms with Crippen molar-refractivity contribution in [3.8, 4) is 0 Å². The monoisotopic (exact) mass is 298 g/mol. The average molecular weight is 299 g/mol. The molecule has 1 aromatic carbocycles. The van der Waals surface area contributed by atoms with E-state index in [4.69, 9.17) is 11.6 Å². The Morgan fingerprint density at radius 1 is 1.47 bits per heavy atom. The van der Waals surface area contributed by atoms with Crippen LogP contribution in [0, 0.1) is 5.82 Å². The summed E-state index contributed by atoms with van der Waals surface area (Å²) in [7, 11) is 0. The van der Waals surface area contributed by atoms with Crippen molar-refractivity contribution in [1.29, 1.82) is 0 Å². The summed E-state index contributed by atoms with van der Waals surface area (Å²) in [5.41, 5.74) is 3.42. The van der Waals surface area contributed by atoms with Crippen LogP contribution < -0.4 is 5.32 Å². The molecule has 1 heterocycles. The predicted octanol–water partition coefficient (Wildman–Crippen LogP) is 4.22. The van der Waals surface area contributed by atoms with Gasteiger partial charge in [-0.15, -0.1) is 11.3 Å². The van der Waals surface area contributed by atoms with Gasteiger partial charge in [0.25, 0.3) is 0 Å². The third-order valence-electron chi connectivity index (χ3n) is 2.89. The van der Waals surface area contributed by atoms with Crippen LogP contribution >= 0.6 is 22.9 Å². The fourth-order valence-electron chi connectivity index (χ4n) is 1.90. The molecular weight excluding hydrogens is 283 g/mol. The van der Waals surface area contributed by atoms with Crippen molar-refractivity contribution in [3.05, 3.63) is 51.2 Å². The maximum absolute atomic E-state index is 13.8. The molecule has 0 radical (unpaired) electrons. The summed E-state index contributed by atoms with van der Waals surface area (Å²) in [6.45, 7) is 2.99. The summed E-state index contributed by atoms with van der Waals surface area (Å²) in [6.07, 6.45) is 1.61. The molecule has 1 atom stereocenters. The quantitative estimate of drug-likeness (QED) is 0.864. The Labute approximate surface area is 121 Å². The van der Waals surface area contributed by atoms with Crippen molar-refractivity contribution in [1.82, 2.24) is 10.3 Å².